The second-order valence-electron chi connectivity index (χ2n) is 4.80. The summed E-state index contributed by atoms with van der Waals surface area (Å²) in [7, 11) is 0. The van der Waals surface area contributed by atoms with Crippen LogP contribution in [-0.4, -0.2) is 23.8 Å². The molecule has 0 bridgehead atoms. The van der Waals surface area contributed by atoms with E-state index in [0.29, 0.717) is 18.8 Å². The van der Waals surface area contributed by atoms with Crippen LogP contribution in [0, 0.1) is 6.92 Å². The van der Waals surface area contributed by atoms with Crippen LogP contribution in [0.2, 0.25) is 0 Å². The molecule has 1 aromatic rings. The van der Waals surface area contributed by atoms with Crippen LogP contribution in [-0.2, 0) is 9.53 Å². The molecular formula is C16H24O4. The van der Waals surface area contributed by atoms with Gasteiger partial charge in [-0.05, 0) is 38.3 Å². The highest BCUT2D eigenvalue weighted by Gasteiger charge is 2.21. The molecule has 0 spiro atoms. The van der Waals surface area contributed by atoms with E-state index in [0.717, 1.165) is 24.8 Å². The van der Waals surface area contributed by atoms with Crippen molar-refractivity contribution in [1.82, 2.24) is 0 Å². The molecule has 1 N–H and O–H groups in total. The molecule has 4 nitrogen and oxygen atoms in total. The van der Waals surface area contributed by atoms with Crippen molar-refractivity contribution < 1.29 is 19.4 Å². The minimum Gasteiger partial charge on any atom is -0.508 e. The summed E-state index contributed by atoms with van der Waals surface area (Å²) in [6.07, 6.45) is 3.07. The molecule has 0 fully saturated rings. The van der Waals surface area contributed by atoms with Crippen molar-refractivity contribution in [3.8, 4) is 11.5 Å². The highest BCUT2D eigenvalue weighted by atomic mass is 16.6. The molecule has 4 heteroatoms. The SMILES string of the molecule is CCCCCC(Oc1ccc(C)c(O)c1)C(=O)OCC. The van der Waals surface area contributed by atoms with Gasteiger partial charge in [-0.3, -0.25) is 0 Å². The number of rotatable bonds is 8. The van der Waals surface area contributed by atoms with Crippen LogP contribution in [0.15, 0.2) is 18.2 Å². The largest absolute Gasteiger partial charge is 0.508 e. The van der Waals surface area contributed by atoms with Crippen molar-refractivity contribution >= 4 is 5.97 Å². The van der Waals surface area contributed by atoms with E-state index in [4.69, 9.17) is 9.47 Å². The zero-order chi connectivity index (χ0) is 15.0. The predicted octanol–water partition coefficient (Wildman–Crippen LogP) is 3.59. The molecular weight excluding hydrogens is 256 g/mol. The molecule has 1 unspecified atom stereocenters. The average Bonchev–Trinajstić information content (AvgIpc) is 2.42. The third-order valence-corrected chi connectivity index (χ3v) is 3.08. The lowest BCUT2D eigenvalue weighted by Gasteiger charge is -2.18. The van der Waals surface area contributed by atoms with Crippen LogP contribution >= 0.6 is 0 Å². The molecule has 0 radical (unpaired) electrons. The van der Waals surface area contributed by atoms with Crippen molar-refractivity contribution in [2.75, 3.05) is 6.61 Å². The van der Waals surface area contributed by atoms with Gasteiger partial charge in [0.2, 0.25) is 0 Å². The summed E-state index contributed by atoms with van der Waals surface area (Å²) < 4.78 is 10.7. The summed E-state index contributed by atoms with van der Waals surface area (Å²) >= 11 is 0. The summed E-state index contributed by atoms with van der Waals surface area (Å²) in [5, 5.41) is 9.67. The molecule has 0 aliphatic carbocycles. The van der Waals surface area contributed by atoms with E-state index in [1.807, 2.05) is 6.92 Å². The number of phenols is 1. The van der Waals surface area contributed by atoms with Gasteiger partial charge in [0.05, 0.1) is 6.61 Å². The molecule has 0 aromatic heterocycles. The second kappa shape index (κ2) is 8.46. The molecule has 1 atom stereocenters. The van der Waals surface area contributed by atoms with Gasteiger partial charge in [0.25, 0.3) is 0 Å². The average molecular weight is 280 g/mol. The lowest BCUT2D eigenvalue weighted by atomic mass is 10.1. The van der Waals surface area contributed by atoms with Crippen molar-refractivity contribution in [2.24, 2.45) is 0 Å². The number of benzene rings is 1. The van der Waals surface area contributed by atoms with E-state index in [1.165, 1.54) is 6.07 Å². The minimum absolute atomic E-state index is 0.165. The van der Waals surface area contributed by atoms with E-state index >= 15 is 0 Å². The summed E-state index contributed by atoms with van der Waals surface area (Å²) in [6.45, 7) is 6.03. The lowest BCUT2D eigenvalue weighted by molar-refractivity contribution is -0.151. The summed E-state index contributed by atoms with van der Waals surface area (Å²) in [5.74, 6) is 0.310. The first-order valence-electron chi connectivity index (χ1n) is 7.21. The van der Waals surface area contributed by atoms with E-state index in [9.17, 15) is 9.90 Å². The van der Waals surface area contributed by atoms with E-state index in [2.05, 4.69) is 6.92 Å². The number of aryl methyl sites for hydroxylation is 1. The van der Waals surface area contributed by atoms with Gasteiger partial charge in [-0.2, -0.15) is 0 Å². The normalized spacial score (nSPS) is 11.9. The van der Waals surface area contributed by atoms with Gasteiger partial charge >= 0.3 is 5.97 Å². The number of aromatic hydroxyl groups is 1. The van der Waals surface area contributed by atoms with E-state index in [-0.39, 0.29) is 11.7 Å². The van der Waals surface area contributed by atoms with Crippen molar-refractivity contribution in [3.05, 3.63) is 23.8 Å². The molecule has 1 aromatic carbocycles. The van der Waals surface area contributed by atoms with Gasteiger partial charge in [0.1, 0.15) is 11.5 Å². The fraction of sp³-hybridized carbons (Fsp3) is 0.562. The fourth-order valence-corrected chi connectivity index (χ4v) is 1.87. The smallest absolute Gasteiger partial charge is 0.347 e. The number of carbonyl (C=O) groups is 1. The van der Waals surface area contributed by atoms with Crippen molar-refractivity contribution in [1.29, 1.82) is 0 Å². The number of unbranched alkanes of at least 4 members (excludes halogenated alkanes) is 2. The van der Waals surface area contributed by atoms with Crippen molar-refractivity contribution in [2.45, 2.75) is 52.6 Å². The topological polar surface area (TPSA) is 55.8 Å². The molecule has 0 saturated carbocycles. The van der Waals surface area contributed by atoms with Gasteiger partial charge in [-0.25, -0.2) is 4.79 Å². The first-order chi connectivity index (χ1) is 9.58. The maximum atomic E-state index is 11.9. The van der Waals surface area contributed by atoms with Crippen molar-refractivity contribution in [3.63, 3.8) is 0 Å². The standard InChI is InChI=1S/C16H24O4/c1-4-6-7-8-15(16(18)19-5-2)20-13-10-9-12(3)14(17)11-13/h9-11,15,17H,4-8H2,1-3H3. The molecule has 0 aliphatic heterocycles. The highest BCUT2D eigenvalue weighted by Crippen LogP contribution is 2.24. The monoisotopic (exact) mass is 280 g/mol. The zero-order valence-electron chi connectivity index (χ0n) is 12.5. The Morgan fingerprint density at radius 1 is 1.30 bits per heavy atom. The molecule has 112 valence electrons. The Morgan fingerprint density at radius 2 is 2.05 bits per heavy atom. The van der Waals surface area contributed by atoms with Crippen LogP contribution in [0.1, 0.15) is 45.1 Å². The second-order valence-corrected chi connectivity index (χ2v) is 4.80. The number of hydrogen-bond donors (Lipinski definition) is 1. The molecule has 0 saturated heterocycles. The fourth-order valence-electron chi connectivity index (χ4n) is 1.87. The lowest BCUT2D eigenvalue weighted by Crippen LogP contribution is -2.29. The Morgan fingerprint density at radius 3 is 2.65 bits per heavy atom. The zero-order valence-corrected chi connectivity index (χ0v) is 12.5. The van der Waals surface area contributed by atoms with Crippen LogP contribution in [0.4, 0.5) is 0 Å². The van der Waals surface area contributed by atoms with Crippen LogP contribution in [0.25, 0.3) is 0 Å². The number of hydrogen-bond acceptors (Lipinski definition) is 4. The van der Waals surface area contributed by atoms with Crippen LogP contribution in [0.5, 0.6) is 11.5 Å². The minimum atomic E-state index is -0.608. The third kappa shape index (κ3) is 5.11. The predicted molar refractivity (Wildman–Crippen MR) is 78.0 cm³/mol. The summed E-state index contributed by atoms with van der Waals surface area (Å²) in [4.78, 5) is 11.9. The van der Waals surface area contributed by atoms with Gasteiger partial charge < -0.3 is 14.6 Å². The third-order valence-electron chi connectivity index (χ3n) is 3.08. The number of phenolic OH excluding ortho intramolecular Hbond substituents is 1. The maximum absolute atomic E-state index is 11.9. The Bertz CT molecular complexity index is 428. The maximum Gasteiger partial charge on any atom is 0.347 e. The number of esters is 1. The molecule has 1 rings (SSSR count). The summed E-state index contributed by atoms with van der Waals surface area (Å²) in [5.41, 5.74) is 0.774. The van der Waals surface area contributed by atoms with Crippen LogP contribution < -0.4 is 4.74 Å². The Balaban J connectivity index is 2.71. The molecule has 20 heavy (non-hydrogen) atoms. The molecule has 0 heterocycles. The summed E-state index contributed by atoms with van der Waals surface area (Å²) in [6, 6.07) is 5.04. The van der Waals surface area contributed by atoms with Gasteiger partial charge in [0, 0.05) is 6.07 Å². The Hall–Kier alpha value is -1.71. The Kier molecular flexibility index (Phi) is 6.91. The van der Waals surface area contributed by atoms with Crippen LogP contribution in [0.3, 0.4) is 0 Å². The molecule has 0 amide bonds. The highest BCUT2D eigenvalue weighted by molar-refractivity contribution is 5.75. The quantitative estimate of drug-likeness (QED) is 0.584. The van der Waals surface area contributed by atoms with E-state index < -0.39 is 6.10 Å². The van der Waals surface area contributed by atoms with E-state index in [1.54, 1.807) is 19.1 Å². The van der Waals surface area contributed by atoms with Gasteiger partial charge in [-0.15, -0.1) is 0 Å². The first-order valence-corrected chi connectivity index (χ1v) is 7.21. The number of carbonyl (C=O) groups excluding carboxylic acids is 1. The Labute approximate surface area is 120 Å². The molecule has 0 aliphatic rings. The number of ether oxygens (including phenoxy) is 2. The van der Waals surface area contributed by atoms with Gasteiger partial charge in [-0.1, -0.05) is 25.8 Å². The van der Waals surface area contributed by atoms with Gasteiger partial charge in [0.15, 0.2) is 6.10 Å². The first kappa shape index (κ1) is 16.3.